The van der Waals surface area contributed by atoms with Crippen molar-refractivity contribution in [2.75, 3.05) is 7.11 Å². The molecule has 4 rings (SSSR count). The second-order valence-electron chi connectivity index (χ2n) is 6.06. The number of ether oxygens (including phenoxy) is 1. The van der Waals surface area contributed by atoms with E-state index in [1.807, 2.05) is 18.2 Å². The van der Waals surface area contributed by atoms with Gasteiger partial charge in [0.1, 0.15) is 0 Å². The van der Waals surface area contributed by atoms with Gasteiger partial charge < -0.3 is 4.74 Å². The van der Waals surface area contributed by atoms with E-state index in [9.17, 15) is 4.79 Å². The van der Waals surface area contributed by atoms with Gasteiger partial charge in [0.15, 0.2) is 11.3 Å². The van der Waals surface area contributed by atoms with Crippen LogP contribution in [-0.4, -0.2) is 32.9 Å². The molecule has 0 saturated carbocycles. The highest BCUT2D eigenvalue weighted by Crippen LogP contribution is 2.34. The minimum Gasteiger partial charge on any atom is -0.464 e. The molecule has 130 valence electrons. The van der Waals surface area contributed by atoms with Crippen LogP contribution in [-0.2, 0) is 11.2 Å². The van der Waals surface area contributed by atoms with Crippen LogP contribution in [0.5, 0.6) is 0 Å². The zero-order chi connectivity index (χ0) is 18.3. The molecule has 26 heavy (non-hydrogen) atoms. The monoisotopic (exact) mass is 346 g/mol. The molecule has 0 amide bonds. The van der Waals surface area contributed by atoms with Crippen molar-refractivity contribution in [3.8, 4) is 11.1 Å². The third-order valence-electron chi connectivity index (χ3n) is 4.61. The SMILES string of the molecule is CCc1nn2c(C)c(C(=O)OC)nnc2c1-c1cccc2ccccc12. The van der Waals surface area contributed by atoms with Crippen LogP contribution in [0.15, 0.2) is 42.5 Å². The summed E-state index contributed by atoms with van der Waals surface area (Å²) in [4.78, 5) is 11.9. The van der Waals surface area contributed by atoms with Gasteiger partial charge >= 0.3 is 5.97 Å². The summed E-state index contributed by atoms with van der Waals surface area (Å²) in [6.45, 7) is 3.85. The molecule has 0 atom stereocenters. The van der Waals surface area contributed by atoms with E-state index >= 15 is 0 Å². The van der Waals surface area contributed by atoms with Crippen molar-refractivity contribution in [3.05, 3.63) is 59.5 Å². The number of rotatable bonds is 3. The minimum atomic E-state index is -0.517. The molecule has 0 aliphatic rings. The van der Waals surface area contributed by atoms with E-state index in [1.165, 1.54) is 7.11 Å². The highest BCUT2D eigenvalue weighted by atomic mass is 16.5. The van der Waals surface area contributed by atoms with E-state index in [-0.39, 0.29) is 5.69 Å². The molecule has 2 aromatic carbocycles. The lowest BCUT2D eigenvalue weighted by Crippen LogP contribution is -2.12. The first-order valence-electron chi connectivity index (χ1n) is 8.47. The number of hydrogen-bond donors (Lipinski definition) is 0. The number of carbonyl (C=O) groups is 1. The van der Waals surface area contributed by atoms with Gasteiger partial charge in [-0.15, -0.1) is 10.2 Å². The van der Waals surface area contributed by atoms with Crippen LogP contribution < -0.4 is 0 Å². The Morgan fingerprint density at radius 3 is 2.65 bits per heavy atom. The number of nitrogens with zero attached hydrogens (tertiary/aromatic N) is 4. The highest BCUT2D eigenvalue weighted by molar-refractivity contribution is 6.00. The van der Waals surface area contributed by atoms with Crippen LogP contribution >= 0.6 is 0 Å². The maximum atomic E-state index is 11.9. The first-order chi connectivity index (χ1) is 12.7. The summed E-state index contributed by atoms with van der Waals surface area (Å²) in [5.41, 5.74) is 4.37. The Hall–Kier alpha value is -3.28. The number of esters is 1. The van der Waals surface area contributed by atoms with E-state index < -0.39 is 5.97 Å². The van der Waals surface area contributed by atoms with Crippen molar-refractivity contribution < 1.29 is 9.53 Å². The molecule has 0 radical (unpaired) electrons. The van der Waals surface area contributed by atoms with Gasteiger partial charge in [0.25, 0.3) is 0 Å². The summed E-state index contributed by atoms with van der Waals surface area (Å²) in [5, 5.41) is 15.4. The Balaban J connectivity index is 2.06. The van der Waals surface area contributed by atoms with Crippen LogP contribution in [0, 0.1) is 6.92 Å². The molecule has 2 aromatic heterocycles. The quantitative estimate of drug-likeness (QED) is 0.530. The van der Waals surface area contributed by atoms with Crippen molar-refractivity contribution in [3.63, 3.8) is 0 Å². The summed E-state index contributed by atoms with van der Waals surface area (Å²) in [7, 11) is 1.33. The molecular formula is C20H18N4O2. The molecule has 2 heterocycles. The second kappa shape index (κ2) is 6.22. The predicted octanol–water partition coefficient (Wildman–Crippen LogP) is 3.60. The summed E-state index contributed by atoms with van der Waals surface area (Å²) >= 11 is 0. The number of hydrogen-bond acceptors (Lipinski definition) is 5. The fraction of sp³-hybridized carbons (Fsp3) is 0.200. The Morgan fingerprint density at radius 1 is 1.12 bits per heavy atom. The first kappa shape index (κ1) is 16.2. The molecule has 0 aliphatic heterocycles. The summed E-state index contributed by atoms with van der Waals surface area (Å²) < 4.78 is 6.48. The van der Waals surface area contributed by atoms with Crippen molar-refractivity contribution in [2.24, 2.45) is 0 Å². The molecule has 4 aromatic rings. The van der Waals surface area contributed by atoms with Crippen molar-refractivity contribution >= 4 is 22.4 Å². The lowest BCUT2D eigenvalue weighted by molar-refractivity contribution is 0.0590. The van der Waals surface area contributed by atoms with Gasteiger partial charge in [0, 0.05) is 0 Å². The maximum Gasteiger partial charge on any atom is 0.360 e. The van der Waals surface area contributed by atoms with Gasteiger partial charge in [-0.1, -0.05) is 49.4 Å². The van der Waals surface area contributed by atoms with Crippen LogP contribution in [0.2, 0.25) is 0 Å². The van der Waals surface area contributed by atoms with Crippen LogP contribution in [0.4, 0.5) is 0 Å². The van der Waals surface area contributed by atoms with Crippen molar-refractivity contribution in [2.45, 2.75) is 20.3 Å². The summed E-state index contributed by atoms with van der Waals surface area (Å²) in [6, 6.07) is 14.4. The Kier molecular flexibility index (Phi) is 3.88. The third-order valence-corrected chi connectivity index (χ3v) is 4.61. The number of fused-ring (bicyclic) bond motifs is 2. The molecule has 0 spiro atoms. The molecule has 0 fully saturated rings. The average Bonchev–Trinajstić information content (AvgIpc) is 3.06. The summed E-state index contributed by atoms with van der Waals surface area (Å²) in [5.74, 6) is -0.517. The van der Waals surface area contributed by atoms with Gasteiger partial charge in [0.05, 0.1) is 24.1 Å². The van der Waals surface area contributed by atoms with Crippen LogP contribution in [0.3, 0.4) is 0 Å². The topological polar surface area (TPSA) is 69.4 Å². The van der Waals surface area contributed by atoms with Gasteiger partial charge in [-0.3, -0.25) is 0 Å². The number of carbonyl (C=O) groups excluding carboxylic acids is 1. The van der Waals surface area contributed by atoms with E-state index in [4.69, 9.17) is 9.84 Å². The van der Waals surface area contributed by atoms with Crippen LogP contribution in [0.1, 0.15) is 28.8 Å². The van der Waals surface area contributed by atoms with Gasteiger partial charge in [0.2, 0.25) is 0 Å². The Morgan fingerprint density at radius 2 is 1.88 bits per heavy atom. The van der Waals surface area contributed by atoms with E-state index in [0.717, 1.165) is 34.0 Å². The zero-order valence-electron chi connectivity index (χ0n) is 14.9. The number of aromatic nitrogens is 4. The van der Waals surface area contributed by atoms with Crippen LogP contribution in [0.25, 0.3) is 27.5 Å². The van der Waals surface area contributed by atoms with Gasteiger partial charge in [-0.05, 0) is 29.7 Å². The third kappa shape index (κ3) is 2.34. The largest absolute Gasteiger partial charge is 0.464 e. The standard InChI is InChI=1S/C20H18N4O2/c1-4-16-17(15-11-7-9-13-8-5-6-10-14(13)15)19-22-21-18(20(25)26-3)12(2)24(19)23-16/h5-11H,4H2,1-3H3. The van der Waals surface area contributed by atoms with Gasteiger partial charge in [-0.2, -0.15) is 5.10 Å². The van der Waals surface area contributed by atoms with Crippen molar-refractivity contribution in [1.82, 2.24) is 19.8 Å². The maximum absolute atomic E-state index is 11.9. The Labute approximate surface area is 150 Å². The molecule has 0 unspecified atom stereocenters. The molecule has 0 aliphatic carbocycles. The second-order valence-corrected chi connectivity index (χ2v) is 6.06. The molecule has 6 nitrogen and oxygen atoms in total. The summed E-state index contributed by atoms with van der Waals surface area (Å²) in [6.07, 6.45) is 0.745. The van der Waals surface area contributed by atoms with E-state index in [1.54, 1.807) is 11.4 Å². The molecule has 0 saturated heterocycles. The Bertz CT molecular complexity index is 1140. The highest BCUT2D eigenvalue weighted by Gasteiger charge is 2.22. The fourth-order valence-electron chi connectivity index (χ4n) is 3.30. The number of methoxy groups -OCH3 is 1. The zero-order valence-corrected chi connectivity index (χ0v) is 14.9. The van der Waals surface area contributed by atoms with E-state index in [0.29, 0.717) is 11.3 Å². The smallest absolute Gasteiger partial charge is 0.360 e. The number of benzene rings is 2. The number of aryl methyl sites for hydroxylation is 2. The minimum absolute atomic E-state index is 0.176. The normalized spacial score (nSPS) is 11.2. The first-order valence-corrected chi connectivity index (χ1v) is 8.47. The lowest BCUT2D eigenvalue weighted by Gasteiger charge is -2.07. The average molecular weight is 346 g/mol. The van der Waals surface area contributed by atoms with E-state index in [2.05, 4.69) is 41.4 Å². The molecule has 6 heteroatoms. The van der Waals surface area contributed by atoms with Crippen molar-refractivity contribution in [1.29, 1.82) is 0 Å². The lowest BCUT2D eigenvalue weighted by atomic mass is 9.97. The molecule has 0 N–H and O–H groups in total. The predicted molar refractivity (Wildman–Crippen MR) is 99.2 cm³/mol. The molecule has 0 bridgehead atoms. The fourth-order valence-corrected chi connectivity index (χ4v) is 3.30. The molecular weight excluding hydrogens is 328 g/mol. The van der Waals surface area contributed by atoms with Gasteiger partial charge in [-0.25, -0.2) is 9.31 Å².